The third-order valence-corrected chi connectivity index (χ3v) is 6.84. The highest BCUT2D eigenvalue weighted by molar-refractivity contribution is 7.15. The second kappa shape index (κ2) is 11.6. The molecule has 1 saturated heterocycles. The van der Waals surface area contributed by atoms with Crippen molar-refractivity contribution in [1.29, 1.82) is 0 Å². The molecule has 1 amide bonds. The van der Waals surface area contributed by atoms with E-state index in [-0.39, 0.29) is 5.91 Å². The number of anilines is 3. The van der Waals surface area contributed by atoms with Crippen molar-refractivity contribution >= 4 is 33.8 Å². The summed E-state index contributed by atoms with van der Waals surface area (Å²) in [5, 5.41) is 7.25. The molecule has 6 nitrogen and oxygen atoms in total. The van der Waals surface area contributed by atoms with Gasteiger partial charge in [-0.25, -0.2) is 4.98 Å². The van der Waals surface area contributed by atoms with E-state index in [1.54, 1.807) is 11.3 Å². The first kappa shape index (κ1) is 25.1. The molecule has 1 aliphatic heterocycles. The molecule has 35 heavy (non-hydrogen) atoms. The minimum absolute atomic E-state index is 0.214. The number of nitrogens with zero attached hydrogens (tertiary/aromatic N) is 3. The van der Waals surface area contributed by atoms with Crippen LogP contribution in [0, 0.1) is 12.8 Å². The summed E-state index contributed by atoms with van der Waals surface area (Å²) in [6, 6.07) is 14.6. The lowest BCUT2D eigenvalue weighted by Gasteiger charge is -2.35. The number of thiazole rings is 1. The number of hydrogen-bond acceptors (Lipinski definition) is 6. The highest BCUT2D eigenvalue weighted by Gasteiger charge is 2.18. The summed E-state index contributed by atoms with van der Waals surface area (Å²) in [6.07, 6.45) is 3.17. The van der Waals surface area contributed by atoms with E-state index in [0.717, 1.165) is 60.4 Å². The first-order valence-corrected chi connectivity index (χ1v) is 13.0. The van der Waals surface area contributed by atoms with Crippen LogP contribution >= 0.6 is 11.3 Å². The second-order valence-corrected chi connectivity index (χ2v) is 10.8. The van der Waals surface area contributed by atoms with Gasteiger partial charge < -0.3 is 15.5 Å². The van der Waals surface area contributed by atoms with Crippen molar-refractivity contribution < 1.29 is 4.79 Å². The molecular formula is C28H35N5OS. The van der Waals surface area contributed by atoms with E-state index in [1.165, 1.54) is 23.1 Å². The fourth-order valence-corrected chi connectivity index (χ4v) is 5.12. The molecule has 0 atom stereocenters. The van der Waals surface area contributed by atoms with Crippen LogP contribution in [-0.4, -0.2) is 53.4 Å². The molecule has 0 bridgehead atoms. The average Bonchev–Trinajstić information content (AvgIpc) is 3.24. The van der Waals surface area contributed by atoms with Gasteiger partial charge in [0, 0.05) is 61.7 Å². The van der Waals surface area contributed by atoms with Gasteiger partial charge >= 0.3 is 0 Å². The molecule has 4 rings (SSSR count). The first-order chi connectivity index (χ1) is 16.9. The van der Waals surface area contributed by atoms with E-state index in [9.17, 15) is 4.79 Å². The van der Waals surface area contributed by atoms with Crippen LogP contribution in [-0.2, 0) is 11.3 Å². The summed E-state index contributed by atoms with van der Waals surface area (Å²) >= 11 is 1.65. The number of aromatic nitrogens is 1. The van der Waals surface area contributed by atoms with Crippen molar-refractivity contribution in [3.05, 3.63) is 71.8 Å². The van der Waals surface area contributed by atoms with Crippen LogP contribution in [0.1, 0.15) is 24.3 Å². The number of hydrogen-bond donors (Lipinski definition) is 2. The van der Waals surface area contributed by atoms with Crippen molar-refractivity contribution in [2.45, 2.75) is 27.3 Å². The summed E-state index contributed by atoms with van der Waals surface area (Å²) in [5.74, 6) is 0.488. The van der Waals surface area contributed by atoms with Crippen LogP contribution in [0.5, 0.6) is 0 Å². The molecule has 1 aliphatic rings. The monoisotopic (exact) mass is 489 g/mol. The van der Waals surface area contributed by atoms with E-state index in [1.807, 2.05) is 24.4 Å². The SMILES string of the molecule is C=CC(=O)Nc1cccc(-c2cc(CN3CCN(CC(C)C)CC3)cc(Nc3ncc(C)s3)c2)c1. The zero-order chi connectivity index (χ0) is 24.8. The van der Waals surface area contributed by atoms with Crippen molar-refractivity contribution in [3.8, 4) is 11.1 Å². The number of carbonyl (C=O) groups excluding carboxylic acids is 1. The third kappa shape index (κ3) is 7.24. The number of amides is 1. The minimum atomic E-state index is -0.214. The number of aryl methyl sites for hydroxylation is 1. The number of rotatable bonds is 9. The van der Waals surface area contributed by atoms with Crippen LogP contribution < -0.4 is 10.6 Å². The van der Waals surface area contributed by atoms with Gasteiger partial charge in [-0.2, -0.15) is 0 Å². The fraction of sp³-hybridized carbons (Fsp3) is 0.357. The summed E-state index contributed by atoms with van der Waals surface area (Å²) in [5.41, 5.74) is 5.19. The van der Waals surface area contributed by atoms with Gasteiger partial charge in [-0.1, -0.05) is 32.6 Å². The molecule has 3 aromatic rings. The minimum Gasteiger partial charge on any atom is -0.332 e. The molecule has 1 fully saturated rings. The Labute approximate surface area is 212 Å². The Morgan fingerprint density at radius 2 is 1.83 bits per heavy atom. The molecule has 0 saturated carbocycles. The Bertz CT molecular complexity index is 1160. The summed E-state index contributed by atoms with van der Waals surface area (Å²) in [6.45, 7) is 16.6. The summed E-state index contributed by atoms with van der Waals surface area (Å²) in [4.78, 5) is 22.6. The quantitative estimate of drug-likeness (QED) is 0.374. The van der Waals surface area contributed by atoms with Gasteiger partial charge in [-0.05, 0) is 65.9 Å². The maximum Gasteiger partial charge on any atom is 0.247 e. The lowest BCUT2D eigenvalue weighted by Crippen LogP contribution is -2.46. The van der Waals surface area contributed by atoms with E-state index in [2.05, 4.69) is 77.0 Å². The van der Waals surface area contributed by atoms with Gasteiger partial charge in [-0.3, -0.25) is 9.69 Å². The van der Waals surface area contributed by atoms with Crippen molar-refractivity contribution in [1.82, 2.24) is 14.8 Å². The Hall–Kier alpha value is -3.00. The molecule has 0 aliphatic carbocycles. The Kier molecular flexibility index (Phi) is 8.33. The standard InChI is InChI=1S/C28H35N5OS/c1-5-27(34)30-25-8-6-7-23(15-25)24-13-22(14-26(16-24)31-28-29-17-21(4)35-28)19-33-11-9-32(10-12-33)18-20(2)3/h5-8,13-17,20H,1,9-12,18-19H2,2-4H3,(H,29,31)(H,30,34). The number of piperazine rings is 1. The van der Waals surface area contributed by atoms with E-state index < -0.39 is 0 Å². The highest BCUT2D eigenvalue weighted by atomic mass is 32.1. The normalized spacial score (nSPS) is 14.7. The van der Waals surface area contributed by atoms with E-state index in [4.69, 9.17) is 0 Å². The zero-order valence-corrected chi connectivity index (χ0v) is 21.7. The van der Waals surface area contributed by atoms with Crippen molar-refractivity contribution in [2.24, 2.45) is 5.92 Å². The fourth-order valence-electron chi connectivity index (χ4n) is 4.43. The maximum absolute atomic E-state index is 11.8. The molecule has 184 valence electrons. The van der Waals surface area contributed by atoms with Gasteiger partial charge in [0.15, 0.2) is 5.13 Å². The lowest BCUT2D eigenvalue weighted by molar-refractivity contribution is -0.111. The van der Waals surface area contributed by atoms with Crippen LogP contribution in [0.25, 0.3) is 11.1 Å². The number of nitrogens with one attached hydrogen (secondary N) is 2. The van der Waals surface area contributed by atoms with Crippen molar-refractivity contribution in [3.63, 3.8) is 0 Å². The zero-order valence-electron chi connectivity index (χ0n) is 20.9. The Morgan fingerprint density at radius 3 is 2.51 bits per heavy atom. The predicted octanol–water partition coefficient (Wildman–Crippen LogP) is 5.76. The molecule has 0 radical (unpaired) electrons. The average molecular weight is 490 g/mol. The summed E-state index contributed by atoms with van der Waals surface area (Å²) in [7, 11) is 0. The Morgan fingerprint density at radius 1 is 1.09 bits per heavy atom. The topological polar surface area (TPSA) is 60.5 Å². The van der Waals surface area contributed by atoms with Crippen LogP contribution in [0.15, 0.2) is 61.3 Å². The van der Waals surface area contributed by atoms with Gasteiger partial charge in [-0.15, -0.1) is 11.3 Å². The molecule has 0 unspecified atom stereocenters. The molecular weight excluding hydrogens is 454 g/mol. The summed E-state index contributed by atoms with van der Waals surface area (Å²) < 4.78 is 0. The van der Waals surface area contributed by atoms with Gasteiger partial charge in [0.25, 0.3) is 0 Å². The van der Waals surface area contributed by atoms with Crippen LogP contribution in [0.4, 0.5) is 16.5 Å². The molecule has 2 aromatic carbocycles. The smallest absolute Gasteiger partial charge is 0.247 e. The molecule has 1 aromatic heterocycles. The third-order valence-electron chi connectivity index (χ3n) is 6.01. The van der Waals surface area contributed by atoms with Gasteiger partial charge in [0.1, 0.15) is 0 Å². The largest absolute Gasteiger partial charge is 0.332 e. The molecule has 2 N–H and O–H groups in total. The maximum atomic E-state index is 11.8. The first-order valence-electron chi connectivity index (χ1n) is 12.2. The Balaban J connectivity index is 1.57. The highest BCUT2D eigenvalue weighted by Crippen LogP contribution is 2.30. The second-order valence-electron chi connectivity index (χ2n) is 9.56. The van der Waals surface area contributed by atoms with Gasteiger partial charge in [0.2, 0.25) is 5.91 Å². The van der Waals surface area contributed by atoms with Crippen molar-refractivity contribution in [2.75, 3.05) is 43.4 Å². The van der Waals surface area contributed by atoms with E-state index >= 15 is 0 Å². The van der Waals surface area contributed by atoms with Crippen LogP contribution in [0.2, 0.25) is 0 Å². The van der Waals surface area contributed by atoms with E-state index in [0.29, 0.717) is 5.92 Å². The van der Waals surface area contributed by atoms with Crippen LogP contribution in [0.3, 0.4) is 0 Å². The molecule has 7 heteroatoms. The lowest BCUT2D eigenvalue weighted by atomic mass is 10.0. The molecule has 2 heterocycles. The van der Waals surface area contributed by atoms with Gasteiger partial charge in [0.05, 0.1) is 0 Å². The number of benzene rings is 2. The number of carbonyl (C=O) groups is 1. The molecule has 0 spiro atoms. The predicted molar refractivity (Wildman–Crippen MR) is 147 cm³/mol.